The van der Waals surface area contributed by atoms with Crippen molar-refractivity contribution < 1.29 is 4.79 Å². The zero-order valence-electron chi connectivity index (χ0n) is 11.9. The van der Waals surface area contributed by atoms with E-state index in [1.165, 1.54) is 0 Å². The maximum Gasteiger partial charge on any atom is 0.240 e. The number of aromatic nitrogens is 1. The molecule has 0 spiro atoms. The number of hydrogen-bond donors (Lipinski definition) is 1. The molecule has 3 heterocycles. The van der Waals surface area contributed by atoms with Gasteiger partial charge in [0.25, 0.3) is 0 Å². The maximum atomic E-state index is 12.3. The molecule has 5 nitrogen and oxygen atoms in total. The van der Waals surface area contributed by atoms with E-state index in [4.69, 9.17) is 11.6 Å². The Bertz CT molecular complexity index is 477. The van der Waals surface area contributed by atoms with Gasteiger partial charge in [0.2, 0.25) is 5.91 Å². The molecule has 0 radical (unpaired) electrons. The minimum atomic E-state index is 0. The summed E-state index contributed by atoms with van der Waals surface area (Å²) in [5.74, 6) is 2.93. The van der Waals surface area contributed by atoms with Crippen molar-refractivity contribution >= 4 is 59.9 Å². The SMILES string of the molecule is Cl.Cl.O=C(C1CSCN1)N1CCN(c2ccc(Cl)cn2)CC1. The van der Waals surface area contributed by atoms with Crippen LogP contribution in [0.1, 0.15) is 0 Å². The molecular weight excluding hydrogens is 367 g/mol. The van der Waals surface area contributed by atoms with E-state index in [2.05, 4.69) is 15.2 Å². The normalized spacial score (nSPS) is 21.0. The molecule has 1 aromatic rings. The molecule has 1 aromatic heterocycles. The van der Waals surface area contributed by atoms with Gasteiger partial charge in [0, 0.05) is 44.0 Å². The molecule has 3 rings (SSSR count). The standard InChI is InChI=1S/C13H17ClN4OS.2ClH/c14-10-1-2-12(15-7-10)17-3-5-18(6-4-17)13(19)11-8-20-9-16-11;;/h1-2,7,11,16H,3-6,8-9H2;2*1H. The molecule has 0 bridgehead atoms. The van der Waals surface area contributed by atoms with E-state index in [0.717, 1.165) is 43.6 Å². The van der Waals surface area contributed by atoms with Gasteiger partial charge in [-0.15, -0.1) is 36.6 Å². The van der Waals surface area contributed by atoms with Crippen LogP contribution in [0.25, 0.3) is 0 Å². The van der Waals surface area contributed by atoms with Crippen molar-refractivity contribution in [1.82, 2.24) is 15.2 Å². The molecule has 1 unspecified atom stereocenters. The van der Waals surface area contributed by atoms with Crippen molar-refractivity contribution in [3.05, 3.63) is 23.4 Å². The fourth-order valence-electron chi connectivity index (χ4n) is 2.49. The van der Waals surface area contributed by atoms with Crippen molar-refractivity contribution in [3.63, 3.8) is 0 Å². The van der Waals surface area contributed by atoms with Crippen molar-refractivity contribution in [1.29, 1.82) is 0 Å². The molecular formula is C13H19Cl3N4OS. The zero-order chi connectivity index (χ0) is 13.9. The Balaban J connectivity index is 0.00000121. The average Bonchev–Trinajstić information content (AvgIpc) is 3.02. The number of nitrogens with zero attached hydrogens (tertiary/aromatic N) is 3. The summed E-state index contributed by atoms with van der Waals surface area (Å²) in [5.41, 5.74) is 0. The van der Waals surface area contributed by atoms with Crippen LogP contribution >= 0.6 is 48.2 Å². The molecule has 2 saturated heterocycles. The number of rotatable bonds is 2. The van der Waals surface area contributed by atoms with Gasteiger partial charge in [-0.3, -0.25) is 10.1 Å². The lowest BCUT2D eigenvalue weighted by Gasteiger charge is -2.36. The third-order valence-corrected chi connectivity index (χ3v) is 4.80. The monoisotopic (exact) mass is 384 g/mol. The first-order valence-electron chi connectivity index (χ1n) is 6.70. The van der Waals surface area contributed by atoms with Crippen LogP contribution in [-0.4, -0.2) is 59.6 Å². The van der Waals surface area contributed by atoms with Gasteiger partial charge in [0.05, 0.1) is 11.1 Å². The van der Waals surface area contributed by atoms with Gasteiger partial charge in [-0.05, 0) is 12.1 Å². The molecule has 2 aliphatic heterocycles. The van der Waals surface area contributed by atoms with Gasteiger partial charge < -0.3 is 9.80 Å². The summed E-state index contributed by atoms with van der Waals surface area (Å²) in [4.78, 5) is 20.8. The number of thioether (sulfide) groups is 1. The smallest absolute Gasteiger partial charge is 0.240 e. The van der Waals surface area contributed by atoms with E-state index in [9.17, 15) is 4.79 Å². The van der Waals surface area contributed by atoms with Gasteiger partial charge >= 0.3 is 0 Å². The third kappa shape index (κ3) is 4.55. The number of carbonyl (C=O) groups is 1. The minimum Gasteiger partial charge on any atom is -0.353 e. The summed E-state index contributed by atoms with van der Waals surface area (Å²) < 4.78 is 0. The molecule has 124 valence electrons. The van der Waals surface area contributed by atoms with Gasteiger partial charge in [-0.2, -0.15) is 0 Å². The average molecular weight is 386 g/mol. The second-order valence-corrected chi connectivity index (χ2v) is 6.39. The van der Waals surface area contributed by atoms with Crippen LogP contribution in [0, 0.1) is 0 Å². The van der Waals surface area contributed by atoms with E-state index in [1.807, 2.05) is 17.0 Å². The maximum absolute atomic E-state index is 12.3. The molecule has 0 saturated carbocycles. The highest BCUT2D eigenvalue weighted by molar-refractivity contribution is 7.99. The van der Waals surface area contributed by atoms with Crippen LogP contribution in [0.2, 0.25) is 5.02 Å². The number of halogens is 3. The molecule has 1 N–H and O–H groups in total. The summed E-state index contributed by atoms with van der Waals surface area (Å²) in [6.07, 6.45) is 1.66. The van der Waals surface area contributed by atoms with E-state index in [0.29, 0.717) is 5.02 Å². The van der Waals surface area contributed by atoms with Gasteiger partial charge in [-0.1, -0.05) is 11.6 Å². The summed E-state index contributed by atoms with van der Waals surface area (Å²) >= 11 is 7.63. The minimum absolute atomic E-state index is 0. The van der Waals surface area contributed by atoms with Gasteiger partial charge in [0.15, 0.2) is 0 Å². The number of anilines is 1. The lowest BCUT2D eigenvalue weighted by molar-refractivity contribution is -0.132. The summed E-state index contributed by atoms with van der Waals surface area (Å²) in [6.45, 7) is 3.15. The molecule has 1 atom stereocenters. The molecule has 22 heavy (non-hydrogen) atoms. The Labute approximate surface area is 152 Å². The number of nitrogens with one attached hydrogen (secondary N) is 1. The number of hydrogen-bond acceptors (Lipinski definition) is 5. The zero-order valence-corrected chi connectivity index (χ0v) is 15.1. The van der Waals surface area contributed by atoms with E-state index in [-0.39, 0.29) is 36.8 Å². The molecule has 0 aromatic carbocycles. The second-order valence-electron chi connectivity index (χ2n) is 4.92. The quantitative estimate of drug-likeness (QED) is 0.842. The molecule has 1 amide bonds. The van der Waals surface area contributed by atoms with Gasteiger partial charge in [-0.25, -0.2) is 4.98 Å². The number of amides is 1. The lowest BCUT2D eigenvalue weighted by atomic mass is 10.2. The Morgan fingerprint density at radius 1 is 1.27 bits per heavy atom. The van der Waals surface area contributed by atoms with Crippen molar-refractivity contribution in [2.24, 2.45) is 0 Å². The van der Waals surface area contributed by atoms with E-state index < -0.39 is 0 Å². The van der Waals surface area contributed by atoms with Crippen LogP contribution in [0.3, 0.4) is 0 Å². The molecule has 2 fully saturated rings. The topological polar surface area (TPSA) is 48.5 Å². The first kappa shape index (κ1) is 19.6. The summed E-state index contributed by atoms with van der Waals surface area (Å²) in [7, 11) is 0. The molecule has 0 aliphatic carbocycles. The Kier molecular flexibility index (Phi) is 8.07. The summed E-state index contributed by atoms with van der Waals surface area (Å²) in [6, 6.07) is 3.77. The lowest BCUT2D eigenvalue weighted by Crippen LogP contribution is -2.53. The Morgan fingerprint density at radius 2 is 2.00 bits per heavy atom. The first-order chi connectivity index (χ1) is 9.74. The molecule has 2 aliphatic rings. The predicted molar refractivity (Wildman–Crippen MR) is 96.8 cm³/mol. The highest BCUT2D eigenvalue weighted by Gasteiger charge is 2.29. The van der Waals surface area contributed by atoms with Crippen LogP contribution < -0.4 is 10.2 Å². The largest absolute Gasteiger partial charge is 0.353 e. The van der Waals surface area contributed by atoms with Crippen molar-refractivity contribution in [2.75, 3.05) is 42.7 Å². The fourth-order valence-corrected chi connectivity index (χ4v) is 3.53. The first-order valence-corrected chi connectivity index (χ1v) is 8.24. The fraction of sp³-hybridized carbons (Fsp3) is 0.538. The Hall–Kier alpha value is -0.400. The second kappa shape index (κ2) is 9.03. The molecule has 9 heteroatoms. The van der Waals surface area contributed by atoms with Crippen LogP contribution in [-0.2, 0) is 4.79 Å². The van der Waals surface area contributed by atoms with E-state index in [1.54, 1.807) is 18.0 Å². The van der Waals surface area contributed by atoms with Crippen molar-refractivity contribution in [3.8, 4) is 0 Å². The third-order valence-electron chi connectivity index (χ3n) is 3.64. The van der Waals surface area contributed by atoms with Crippen LogP contribution in [0.15, 0.2) is 18.3 Å². The van der Waals surface area contributed by atoms with Gasteiger partial charge in [0.1, 0.15) is 5.82 Å². The number of piperazine rings is 1. The number of carbonyl (C=O) groups excluding carboxylic acids is 1. The van der Waals surface area contributed by atoms with Crippen LogP contribution in [0.4, 0.5) is 5.82 Å². The summed E-state index contributed by atoms with van der Waals surface area (Å²) in [5, 5.41) is 3.88. The number of pyridine rings is 1. The highest BCUT2D eigenvalue weighted by atomic mass is 35.5. The Morgan fingerprint density at radius 3 is 2.55 bits per heavy atom. The van der Waals surface area contributed by atoms with Crippen molar-refractivity contribution in [2.45, 2.75) is 6.04 Å². The van der Waals surface area contributed by atoms with Crippen LogP contribution in [0.5, 0.6) is 0 Å². The highest BCUT2D eigenvalue weighted by Crippen LogP contribution is 2.17. The van der Waals surface area contributed by atoms with E-state index >= 15 is 0 Å². The predicted octanol–water partition coefficient (Wildman–Crippen LogP) is 1.89.